The molecule has 0 radical (unpaired) electrons. The van der Waals surface area contributed by atoms with Gasteiger partial charge >= 0.3 is 0 Å². The zero-order valence-corrected chi connectivity index (χ0v) is 25.2. The average molecular weight is 584 g/mol. The van der Waals surface area contributed by atoms with Crippen molar-refractivity contribution in [2.75, 3.05) is 0 Å². The molecule has 1 aromatic heterocycles. The lowest BCUT2D eigenvalue weighted by Crippen LogP contribution is -1.95. The molecule has 9 aromatic rings. The van der Waals surface area contributed by atoms with Crippen molar-refractivity contribution in [1.82, 2.24) is 4.98 Å². The first-order valence-corrected chi connectivity index (χ1v) is 15.8. The Hall–Kier alpha value is -6.05. The number of hydrogen-bond acceptors (Lipinski definition) is 1. The third kappa shape index (κ3) is 4.13. The van der Waals surface area contributed by atoms with Gasteiger partial charge in [-0.25, -0.2) is 0 Å². The molecule has 8 aromatic carbocycles. The average Bonchev–Trinajstić information content (AvgIpc) is 3.13. The van der Waals surface area contributed by atoms with E-state index in [1.54, 1.807) is 0 Å². The molecule has 0 saturated heterocycles. The van der Waals surface area contributed by atoms with E-state index in [4.69, 9.17) is 4.98 Å². The van der Waals surface area contributed by atoms with Gasteiger partial charge in [0.15, 0.2) is 0 Å². The van der Waals surface area contributed by atoms with Crippen LogP contribution in [0.5, 0.6) is 0 Å². The van der Waals surface area contributed by atoms with Crippen LogP contribution >= 0.6 is 0 Å². The largest absolute Gasteiger partial charge is 0.264 e. The van der Waals surface area contributed by atoms with E-state index in [0.29, 0.717) is 0 Å². The Kier molecular flexibility index (Phi) is 6.21. The van der Waals surface area contributed by atoms with Crippen molar-refractivity contribution in [1.29, 1.82) is 0 Å². The number of benzene rings is 8. The van der Waals surface area contributed by atoms with Gasteiger partial charge in [0.1, 0.15) is 0 Å². The van der Waals surface area contributed by atoms with Gasteiger partial charge in [0.25, 0.3) is 0 Å². The first-order chi connectivity index (χ1) is 22.9. The van der Waals surface area contributed by atoms with E-state index >= 15 is 0 Å². The van der Waals surface area contributed by atoms with E-state index < -0.39 is 0 Å². The summed E-state index contributed by atoms with van der Waals surface area (Å²) in [6.45, 7) is 0. The summed E-state index contributed by atoms with van der Waals surface area (Å²) < 4.78 is 0. The molecule has 0 aliphatic rings. The van der Waals surface area contributed by atoms with Crippen LogP contribution < -0.4 is 0 Å². The van der Waals surface area contributed by atoms with Gasteiger partial charge in [-0.15, -0.1) is 0 Å². The van der Waals surface area contributed by atoms with Gasteiger partial charge in [-0.3, -0.25) is 4.98 Å². The monoisotopic (exact) mass is 583 g/mol. The number of aromatic nitrogens is 1. The summed E-state index contributed by atoms with van der Waals surface area (Å²) in [6.07, 6.45) is 3.99. The smallest absolute Gasteiger partial charge is 0.0353 e. The molecule has 0 spiro atoms. The summed E-state index contributed by atoms with van der Waals surface area (Å²) in [6, 6.07) is 59.3. The van der Waals surface area contributed by atoms with Crippen molar-refractivity contribution in [2.45, 2.75) is 0 Å². The van der Waals surface area contributed by atoms with E-state index in [0.717, 1.165) is 5.39 Å². The summed E-state index contributed by atoms with van der Waals surface area (Å²) >= 11 is 0. The van der Waals surface area contributed by atoms with Crippen LogP contribution in [0.25, 0.3) is 87.6 Å². The van der Waals surface area contributed by atoms with E-state index in [2.05, 4.69) is 170 Å². The van der Waals surface area contributed by atoms with Gasteiger partial charge in [-0.2, -0.15) is 0 Å². The van der Waals surface area contributed by atoms with Crippen molar-refractivity contribution < 1.29 is 0 Å². The van der Waals surface area contributed by atoms with E-state index in [1.165, 1.54) is 82.2 Å². The summed E-state index contributed by atoms with van der Waals surface area (Å²) in [4.78, 5) is 4.71. The van der Waals surface area contributed by atoms with Crippen LogP contribution in [0.15, 0.2) is 176 Å². The lowest BCUT2D eigenvalue weighted by molar-refractivity contribution is 1.37. The third-order valence-corrected chi connectivity index (χ3v) is 9.38. The molecule has 9 rings (SSSR count). The summed E-state index contributed by atoms with van der Waals surface area (Å²) in [7, 11) is 0. The maximum absolute atomic E-state index is 4.71. The van der Waals surface area contributed by atoms with Crippen molar-refractivity contribution in [3.63, 3.8) is 0 Å². The van der Waals surface area contributed by atoms with Crippen molar-refractivity contribution in [2.24, 2.45) is 0 Å². The predicted octanol–water partition coefficient (Wildman–Crippen LogP) is 12.4. The lowest BCUT2D eigenvalue weighted by Gasteiger charge is -2.21. The minimum absolute atomic E-state index is 1.15. The zero-order valence-electron chi connectivity index (χ0n) is 25.2. The first-order valence-electron chi connectivity index (χ1n) is 15.8. The molecule has 0 N–H and O–H groups in total. The normalized spacial score (nSPS) is 11.5. The fourth-order valence-electron chi connectivity index (χ4n) is 7.39. The van der Waals surface area contributed by atoms with Crippen LogP contribution in [-0.4, -0.2) is 4.98 Å². The second-order valence-corrected chi connectivity index (χ2v) is 11.9. The van der Waals surface area contributed by atoms with Gasteiger partial charge in [-0.1, -0.05) is 158 Å². The molecule has 1 heterocycles. The molecule has 0 bridgehead atoms. The van der Waals surface area contributed by atoms with Gasteiger partial charge in [-0.05, 0) is 88.3 Å². The maximum atomic E-state index is 4.71. The maximum Gasteiger partial charge on any atom is 0.0353 e. The number of nitrogens with zero attached hydrogens (tertiary/aromatic N) is 1. The van der Waals surface area contributed by atoms with Crippen LogP contribution in [0.1, 0.15) is 0 Å². The lowest BCUT2D eigenvalue weighted by atomic mass is 9.82. The second-order valence-electron chi connectivity index (χ2n) is 11.9. The van der Waals surface area contributed by atoms with Crippen LogP contribution in [0.4, 0.5) is 0 Å². The zero-order chi connectivity index (χ0) is 30.5. The fourth-order valence-corrected chi connectivity index (χ4v) is 7.39. The van der Waals surface area contributed by atoms with Crippen LogP contribution in [0, 0.1) is 0 Å². The molecule has 46 heavy (non-hydrogen) atoms. The van der Waals surface area contributed by atoms with Gasteiger partial charge < -0.3 is 0 Å². The van der Waals surface area contributed by atoms with Crippen molar-refractivity contribution in [3.8, 4) is 44.5 Å². The summed E-state index contributed by atoms with van der Waals surface area (Å²) in [5.41, 5.74) is 9.81. The highest BCUT2D eigenvalue weighted by Gasteiger charge is 2.21. The first kappa shape index (κ1) is 26.4. The summed E-state index contributed by atoms with van der Waals surface area (Å²) in [5, 5.41) is 9.80. The molecule has 0 aliphatic carbocycles. The molecular weight excluding hydrogens is 555 g/mol. The van der Waals surface area contributed by atoms with Gasteiger partial charge in [0, 0.05) is 17.8 Å². The topological polar surface area (TPSA) is 12.9 Å². The highest BCUT2D eigenvalue weighted by Crippen LogP contribution is 2.48. The number of hydrogen-bond donors (Lipinski definition) is 0. The van der Waals surface area contributed by atoms with E-state index in [1.807, 2.05) is 6.20 Å². The molecular formula is C45H29N. The van der Waals surface area contributed by atoms with Gasteiger partial charge in [0.05, 0.1) is 0 Å². The van der Waals surface area contributed by atoms with E-state index in [-0.39, 0.29) is 0 Å². The standard InChI is InChI=1S/C45H29N/c1-3-17-32-30(13-1)15-11-25-34(32)36-19-5-7-21-38(36)44-40-23-9-10-24-41(40)45(43-29-46-28-27-42(43)44)39-22-8-6-20-37(39)35-26-12-16-31-14-2-4-18-33(31)35/h1-29H. The molecule has 0 amide bonds. The van der Waals surface area contributed by atoms with Crippen molar-refractivity contribution in [3.05, 3.63) is 176 Å². The molecule has 214 valence electrons. The predicted molar refractivity (Wildman–Crippen MR) is 196 cm³/mol. The number of fused-ring (bicyclic) bond motifs is 4. The molecule has 0 unspecified atom stereocenters. The molecule has 1 heteroatoms. The van der Waals surface area contributed by atoms with Crippen LogP contribution in [0.3, 0.4) is 0 Å². The Balaban J connectivity index is 1.38. The Morgan fingerprint density at radius 1 is 0.261 bits per heavy atom. The highest BCUT2D eigenvalue weighted by atomic mass is 14.6. The fraction of sp³-hybridized carbons (Fsp3) is 0. The van der Waals surface area contributed by atoms with Gasteiger partial charge in [0.2, 0.25) is 0 Å². The number of pyridine rings is 1. The Morgan fingerprint density at radius 2 is 0.630 bits per heavy atom. The second kappa shape index (κ2) is 10.8. The van der Waals surface area contributed by atoms with E-state index in [9.17, 15) is 0 Å². The quantitative estimate of drug-likeness (QED) is 0.188. The van der Waals surface area contributed by atoms with Crippen LogP contribution in [0.2, 0.25) is 0 Å². The summed E-state index contributed by atoms with van der Waals surface area (Å²) in [5.74, 6) is 0. The molecule has 0 aliphatic heterocycles. The number of rotatable bonds is 4. The minimum Gasteiger partial charge on any atom is -0.264 e. The Labute approximate surface area is 268 Å². The molecule has 0 fully saturated rings. The minimum atomic E-state index is 1.15. The third-order valence-electron chi connectivity index (χ3n) is 9.38. The molecule has 1 nitrogen and oxygen atoms in total. The SMILES string of the molecule is c1ccc(-c2c3ccccc3c(-c3ccccc3-c3cccc4ccccc34)c3cnccc23)c(-c2cccc3ccccc23)c1. The highest BCUT2D eigenvalue weighted by molar-refractivity contribution is 6.23. The Bertz CT molecular complexity index is 2350. The Morgan fingerprint density at radius 3 is 1.17 bits per heavy atom. The van der Waals surface area contributed by atoms with Crippen LogP contribution in [-0.2, 0) is 0 Å². The molecule has 0 atom stereocenters. The molecule has 0 saturated carbocycles. The van der Waals surface area contributed by atoms with Crippen molar-refractivity contribution >= 4 is 43.1 Å².